The summed E-state index contributed by atoms with van der Waals surface area (Å²) in [5.74, 6) is -0.201. The molecule has 0 fully saturated rings. The Balaban J connectivity index is 0.000000183. The lowest BCUT2D eigenvalue weighted by Gasteiger charge is -1.79. The van der Waals surface area contributed by atoms with Crippen LogP contribution in [0.25, 0.3) is 0 Å². The van der Waals surface area contributed by atoms with E-state index in [1.54, 1.807) is 11.3 Å². The van der Waals surface area contributed by atoms with Crippen molar-refractivity contribution < 1.29 is 13.0 Å². The first-order chi connectivity index (χ1) is 5.06. The van der Waals surface area contributed by atoms with Crippen molar-refractivity contribution in [1.29, 1.82) is 0 Å². The minimum absolute atomic E-state index is 0.201. The minimum atomic E-state index is -3.66. The molecule has 0 aliphatic heterocycles. The van der Waals surface area contributed by atoms with E-state index < -0.39 is 10.1 Å². The standard InChI is InChI=1S/C4H4S.C2H6O3S/c1-2-4-5-3-1;1-2-6(3,4)5/h1-4H;2H2,1H3,(H,3,4,5). The van der Waals surface area contributed by atoms with Crippen molar-refractivity contribution in [1.82, 2.24) is 0 Å². The van der Waals surface area contributed by atoms with Crippen molar-refractivity contribution in [3.8, 4) is 0 Å². The molecule has 1 N–H and O–H groups in total. The minimum Gasteiger partial charge on any atom is -0.286 e. The Morgan fingerprint density at radius 3 is 1.82 bits per heavy atom. The lowest BCUT2D eigenvalue weighted by atomic mass is 10.7. The molecule has 3 nitrogen and oxygen atoms in total. The maximum atomic E-state index is 9.56. The van der Waals surface area contributed by atoms with Gasteiger partial charge in [-0.25, -0.2) is 0 Å². The average Bonchev–Trinajstić information content (AvgIpc) is 2.41. The van der Waals surface area contributed by atoms with Crippen LogP contribution in [0.15, 0.2) is 22.9 Å². The fourth-order valence-electron chi connectivity index (χ4n) is 0.227. The van der Waals surface area contributed by atoms with Gasteiger partial charge in [0.2, 0.25) is 0 Å². The first kappa shape index (κ1) is 10.6. The lowest BCUT2D eigenvalue weighted by Crippen LogP contribution is -1.97. The zero-order valence-electron chi connectivity index (χ0n) is 6.10. The van der Waals surface area contributed by atoms with Crippen LogP contribution in [0.5, 0.6) is 0 Å². The molecule has 0 atom stereocenters. The van der Waals surface area contributed by atoms with E-state index in [1.165, 1.54) is 6.92 Å². The smallest absolute Gasteiger partial charge is 0.264 e. The Bertz CT molecular complexity index is 232. The van der Waals surface area contributed by atoms with Gasteiger partial charge in [-0.3, -0.25) is 4.55 Å². The Hall–Kier alpha value is -0.390. The van der Waals surface area contributed by atoms with Gasteiger partial charge in [0.15, 0.2) is 0 Å². The molecular formula is C6H10O3S2. The maximum Gasteiger partial charge on any atom is 0.264 e. The van der Waals surface area contributed by atoms with Crippen LogP contribution in [0.3, 0.4) is 0 Å². The summed E-state index contributed by atoms with van der Waals surface area (Å²) in [6.45, 7) is 1.37. The summed E-state index contributed by atoms with van der Waals surface area (Å²) in [6, 6.07) is 4.04. The van der Waals surface area contributed by atoms with Crippen molar-refractivity contribution in [3.63, 3.8) is 0 Å². The van der Waals surface area contributed by atoms with Crippen molar-refractivity contribution in [2.24, 2.45) is 0 Å². The molecule has 0 unspecified atom stereocenters. The molecule has 1 rings (SSSR count). The van der Waals surface area contributed by atoms with Crippen molar-refractivity contribution in [2.45, 2.75) is 6.92 Å². The van der Waals surface area contributed by atoms with Crippen LogP contribution in [-0.4, -0.2) is 18.7 Å². The molecule has 1 heterocycles. The Morgan fingerprint density at radius 1 is 1.36 bits per heavy atom. The normalized spacial score (nSPS) is 10.0. The van der Waals surface area contributed by atoms with E-state index in [0.717, 1.165) is 0 Å². The van der Waals surface area contributed by atoms with Crippen LogP contribution in [0.2, 0.25) is 0 Å². The van der Waals surface area contributed by atoms with E-state index in [1.807, 2.05) is 22.9 Å². The summed E-state index contributed by atoms with van der Waals surface area (Å²) in [5, 5.41) is 4.08. The number of rotatable bonds is 1. The highest BCUT2D eigenvalue weighted by Crippen LogP contribution is 1.91. The lowest BCUT2D eigenvalue weighted by molar-refractivity contribution is 0.484. The summed E-state index contributed by atoms with van der Waals surface area (Å²) in [6.07, 6.45) is 0. The molecule has 0 bridgehead atoms. The average molecular weight is 194 g/mol. The maximum absolute atomic E-state index is 9.56. The summed E-state index contributed by atoms with van der Waals surface area (Å²) in [5.41, 5.74) is 0. The molecule has 0 saturated carbocycles. The molecule has 11 heavy (non-hydrogen) atoms. The van der Waals surface area contributed by atoms with Crippen LogP contribution in [0.4, 0.5) is 0 Å². The molecule has 0 spiro atoms. The van der Waals surface area contributed by atoms with Gasteiger partial charge in [-0.05, 0) is 17.7 Å². The van der Waals surface area contributed by atoms with Crippen LogP contribution in [0, 0.1) is 0 Å². The first-order valence-corrected chi connectivity index (χ1v) is 5.54. The van der Waals surface area contributed by atoms with Gasteiger partial charge >= 0.3 is 0 Å². The zero-order chi connectivity index (χ0) is 8.74. The largest absolute Gasteiger partial charge is 0.286 e. The van der Waals surface area contributed by atoms with Crippen LogP contribution in [0.1, 0.15) is 6.92 Å². The molecule has 0 aliphatic carbocycles. The summed E-state index contributed by atoms with van der Waals surface area (Å²) < 4.78 is 26.9. The second kappa shape index (κ2) is 5.29. The van der Waals surface area contributed by atoms with Gasteiger partial charge in [-0.15, -0.1) is 0 Å². The predicted octanol–water partition coefficient (Wildman–Crippen LogP) is 1.64. The van der Waals surface area contributed by atoms with Gasteiger partial charge in [0.25, 0.3) is 10.1 Å². The van der Waals surface area contributed by atoms with Crippen molar-refractivity contribution in [3.05, 3.63) is 22.9 Å². The van der Waals surface area contributed by atoms with Crippen LogP contribution >= 0.6 is 11.3 Å². The van der Waals surface area contributed by atoms with Gasteiger partial charge in [0.1, 0.15) is 0 Å². The molecule has 0 aliphatic rings. The van der Waals surface area contributed by atoms with E-state index in [0.29, 0.717) is 0 Å². The van der Waals surface area contributed by atoms with Gasteiger partial charge < -0.3 is 0 Å². The molecule has 0 amide bonds. The van der Waals surface area contributed by atoms with E-state index in [-0.39, 0.29) is 5.75 Å². The number of thiophene rings is 1. The third kappa shape index (κ3) is 9.61. The fourth-order valence-corrected chi connectivity index (χ4v) is 0.680. The van der Waals surface area contributed by atoms with Gasteiger partial charge in [-0.1, -0.05) is 12.1 Å². The summed E-state index contributed by atoms with van der Waals surface area (Å²) in [7, 11) is -3.66. The topological polar surface area (TPSA) is 54.4 Å². The molecule has 0 aromatic carbocycles. The molecule has 0 radical (unpaired) electrons. The molecule has 5 heteroatoms. The zero-order valence-corrected chi connectivity index (χ0v) is 7.73. The Morgan fingerprint density at radius 2 is 1.73 bits per heavy atom. The van der Waals surface area contributed by atoms with Crippen LogP contribution in [-0.2, 0) is 10.1 Å². The Labute approximate surface area is 70.4 Å². The van der Waals surface area contributed by atoms with E-state index in [4.69, 9.17) is 4.55 Å². The summed E-state index contributed by atoms with van der Waals surface area (Å²) in [4.78, 5) is 0. The van der Waals surface area contributed by atoms with Crippen LogP contribution < -0.4 is 0 Å². The number of hydrogen-bond acceptors (Lipinski definition) is 3. The highest BCUT2D eigenvalue weighted by atomic mass is 32.2. The molecule has 1 aromatic heterocycles. The van der Waals surface area contributed by atoms with E-state index in [9.17, 15) is 8.42 Å². The third-order valence-electron chi connectivity index (χ3n) is 0.790. The monoisotopic (exact) mass is 194 g/mol. The third-order valence-corrected chi connectivity index (χ3v) is 2.15. The number of hydrogen-bond donors (Lipinski definition) is 1. The van der Waals surface area contributed by atoms with Gasteiger partial charge in [-0.2, -0.15) is 19.8 Å². The second-order valence-corrected chi connectivity index (χ2v) is 4.22. The molecule has 1 aromatic rings. The fraction of sp³-hybridized carbons (Fsp3) is 0.333. The SMILES string of the molecule is CCS(=O)(=O)O.c1ccsc1. The first-order valence-electron chi connectivity index (χ1n) is 2.98. The van der Waals surface area contributed by atoms with Gasteiger partial charge in [0.05, 0.1) is 5.75 Å². The highest BCUT2D eigenvalue weighted by Gasteiger charge is 1.93. The molecule has 64 valence electrons. The molecule has 0 saturated heterocycles. The van der Waals surface area contributed by atoms with E-state index >= 15 is 0 Å². The van der Waals surface area contributed by atoms with E-state index in [2.05, 4.69) is 0 Å². The second-order valence-electron chi connectivity index (χ2n) is 1.66. The van der Waals surface area contributed by atoms with Gasteiger partial charge in [0, 0.05) is 0 Å². The van der Waals surface area contributed by atoms with Crippen molar-refractivity contribution >= 4 is 21.5 Å². The Kier molecular flexibility index (Phi) is 5.10. The molecular weight excluding hydrogens is 184 g/mol. The highest BCUT2D eigenvalue weighted by molar-refractivity contribution is 7.85. The van der Waals surface area contributed by atoms with Crippen molar-refractivity contribution in [2.75, 3.05) is 5.75 Å². The quantitative estimate of drug-likeness (QED) is 0.691. The summed E-state index contributed by atoms with van der Waals surface area (Å²) >= 11 is 1.71. The predicted molar refractivity (Wildman–Crippen MR) is 46.4 cm³/mol.